The Morgan fingerprint density at radius 2 is 1.82 bits per heavy atom. The maximum absolute atomic E-state index is 14.6. The summed E-state index contributed by atoms with van der Waals surface area (Å²) in [4.78, 5) is 83.0. The molecule has 0 spiro atoms. The molecule has 6 heterocycles. The van der Waals surface area contributed by atoms with Gasteiger partial charge in [0.05, 0.1) is 34.8 Å². The van der Waals surface area contributed by atoms with Gasteiger partial charge in [0.25, 0.3) is 5.91 Å². The van der Waals surface area contributed by atoms with Gasteiger partial charge in [-0.15, -0.1) is 11.3 Å². The molecule has 20 heteroatoms. The van der Waals surface area contributed by atoms with Crippen LogP contribution in [0.15, 0.2) is 54.6 Å². The molecule has 3 aliphatic rings. The standard InChI is InChI=1S/C48H60F3N9O7S/c1-9-39(61)57-18-20-58(21-19-57)46(65)56(7)41(28(2)3)43(62)54-35-23-38-53-36(25-68-38)30-14-15-37-32(22-30)33(24-47(5,6)27-67-45(64)34-13-11-17-60(55-34)44(35)63)42(59(37)26-48(49,50)51)31-12-10-16-52-40(31)29(4)66-8/h9-10,12,14-16,22,25,28-29,34-35,41,55H,1,11,13,17-21,23-24,26-27H2,2-8H3,(H,54,62)/t29-,34-,35-,41-/m0/s1. The molecule has 0 radical (unpaired) electrons. The number of amides is 5. The topological polar surface area (TPSA) is 172 Å². The number of cyclic esters (lactones) is 1. The molecule has 366 valence electrons. The van der Waals surface area contributed by atoms with Crippen molar-refractivity contribution >= 4 is 52.0 Å². The van der Waals surface area contributed by atoms with Crippen molar-refractivity contribution in [3.63, 3.8) is 0 Å². The van der Waals surface area contributed by atoms with Crippen LogP contribution in [0.5, 0.6) is 0 Å². The van der Waals surface area contributed by atoms with Gasteiger partial charge in [0, 0.05) is 92.3 Å². The highest BCUT2D eigenvalue weighted by Gasteiger charge is 2.40. The van der Waals surface area contributed by atoms with Gasteiger partial charge < -0.3 is 34.1 Å². The van der Waals surface area contributed by atoms with E-state index in [-0.39, 0.29) is 50.9 Å². The predicted octanol–water partition coefficient (Wildman–Crippen LogP) is 6.15. The van der Waals surface area contributed by atoms with Crippen LogP contribution >= 0.6 is 11.3 Å². The molecular formula is C48H60F3N9O7S. The molecule has 4 atom stereocenters. The Bertz CT molecular complexity index is 2550. The van der Waals surface area contributed by atoms with Crippen LogP contribution in [0.25, 0.3) is 33.4 Å². The fourth-order valence-electron chi connectivity index (χ4n) is 9.35. The van der Waals surface area contributed by atoms with E-state index in [0.29, 0.717) is 75.6 Å². The van der Waals surface area contributed by atoms with Gasteiger partial charge in [-0.25, -0.2) is 15.2 Å². The largest absolute Gasteiger partial charge is 0.464 e. The number of thiazole rings is 1. The van der Waals surface area contributed by atoms with E-state index >= 15 is 0 Å². The molecule has 3 aliphatic heterocycles. The second kappa shape index (κ2) is 20.4. The van der Waals surface area contributed by atoms with Gasteiger partial charge in [0.15, 0.2) is 0 Å². The number of alkyl halides is 3. The number of rotatable bonds is 9. The van der Waals surface area contributed by atoms with Gasteiger partial charge in [0.1, 0.15) is 24.7 Å². The third-order valence-corrected chi connectivity index (χ3v) is 13.7. The molecule has 2 fully saturated rings. The quantitative estimate of drug-likeness (QED) is 0.147. The Labute approximate surface area is 397 Å². The van der Waals surface area contributed by atoms with Crippen LogP contribution in [0.3, 0.4) is 0 Å². The van der Waals surface area contributed by atoms with Crippen LogP contribution < -0.4 is 10.7 Å². The van der Waals surface area contributed by atoms with Crippen molar-refractivity contribution in [3.05, 3.63) is 70.8 Å². The molecule has 5 amide bonds. The number of pyridine rings is 1. The molecule has 16 nitrogen and oxygen atoms in total. The molecule has 0 unspecified atom stereocenters. The summed E-state index contributed by atoms with van der Waals surface area (Å²) in [6, 6.07) is 5.10. The van der Waals surface area contributed by atoms with Crippen LogP contribution in [0.2, 0.25) is 0 Å². The molecule has 3 aromatic heterocycles. The normalized spacial score (nSPS) is 20.1. The average Bonchev–Trinajstić information content (AvgIpc) is 3.90. The molecule has 0 aliphatic carbocycles. The number of benzene rings is 1. The number of nitrogens with one attached hydrogen (secondary N) is 2. The van der Waals surface area contributed by atoms with E-state index in [1.807, 2.05) is 19.9 Å². The van der Waals surface area contributed by atoms with Crippen LogP contribution in [0.4, 0.5) is 18.0 Å². The van der Waals surface area contributed by atoms with E-state index in [2.05, 4.69) is 22.3 Å². The van der Waals surface area contributed by atoms with Crippen LogP contribution in [-0.4, -0.2) is 142 Å². The van der Waals surface area contributed by atoms with E-state index in [1.54, 1.807) is 66.4 Å². The number of hydrogen-bond acceptors (Lipinski definition) is 11. The zero-order valence-corrected chi connectivity index (χ0v) is 40.3. The van der Waals surface area contributed by atoms with Crippen LogP contribution in [0.1, 0.15) is 69.8 Å². The van der Waals surface area contributed by atoms with Gasteiger partial charge in [-0.2, -0.15) is 13.2 Å². The number of hydrazine groups is 1. The highest BCUT2D eigenvalue weighted by atomic mass is 32.1. The van der Waals surface area contributed by atoms with Crippen LogP contribution in [0, 0.1) is 11.3 Å². The molecule has 2 saturated heterocycles. The van der Waals surface area contributed by atoms with Gasteiger partial charge >= 0.3 is 18.2 Å². The number of fused-ring (bicyclic) bond motifs is 6. The number of ether oxygens (including phenoxy) is 2. The van der Waals surface area contributed by atoms with Crippen LogP contribution in [-0.2, 0) is 48.0 Å². The minimum Gasteiger partial charge on any atom is -0.464 e. The number of nitrogens with zero attached hydrogens (tertiary/aromatic N) is 7. The number of hydrogen-bond donors (Lipinski definition) is 2. The number of aromatic nitrogens is 3. The Hall–Kier alpha value is -5.86. The number of piperazine rings is 1. The molecule has 7 rings (SSSR count). The molecule has 0 saturated carbocycles. The third kappa shape index (κ3) is 10.9. The average molecular weight is 964 g/mol. The van der Waals surface area contributed by atoms with Crippen molar-refractivity contribution in [1.29, 1.82) is 0 Å². The first kappa shape index (κ1) is 50.0. The number of likely N-dealkylation sites (N-methyl/N-ethyl adjacent to an activating group) is 1. The lowest BCUT2D eigenvalue weighted by Gasteiger charge is -2.39. The lowest BCUT2D eigenvalue weighted by molar-refractivity contribution is -0.155. The summed E-state index contributed by atoms with van der Waals surface area (Å²) in [5, 5.41) is 7.10. The van der Waals surface area contributed by atoms with Crippen molar-refractivity contribution in [3.8, 4) is 22.5 Å². The third-order valence-electron chi connectivity index (χ3n) is 12.8. The Balaban J connectivity index is 1.28. The number of urea groups is 1. The number of methoxy groups -OCH3 is 1. The number of carbonyl (C=O) groups excluding carboxylic acids is 5. The zero-order chi connectivity index (χ0) is 49.2. The zero-order valence-electron chi connectivity index (χ0n) is 39.5. The Morgan fingerprint density at radius 1 is 1.10 bits per heavy atom. The van der Waals surface area contributed by atoms with E-state index in [0.717, 1.165) is 0 Å². The highest BCUT2D eigenvalue weighted by Crippen LogP contribution is 2.43. The summed E-state index contributed by atoms with van der Waals surface area (Å²) >= 11 is 1.26. The first-order valence-corrected chi connectivity index (χ1v) is 23.7. The minimum atomic E-state index is -4.60. The molecule has 2 N–H and O–H groups in total. The second-order valence-electron chi connectivity index (χ2n) is 18.8. The summed E-state index contributed by atoms with van der Waals surface area (Å²) in [6.45, 7) is 12.7. The first-order chi connectivity index (χ1) is 32.2. The minimum absolute atomic E-state index is 0.0560. The van der Waals surface area contributed by atoms with E-state index in [4.69, 9.17) is 14.5 Å². The first-order valence-electron chi connectivity index (χ1n) is 22.8. The smallest absolute Gasteiger partial charge is 0.406 e. The summed E-state index contributed by atoms with van der Waals surface area (Å²) in [6.07, 6.45) is -1.40. The Kier molecular flexibility index (Phi) is 15.0. The van der Waals surface area contributed by atoms with Gasteiger partial charge in [-0.05, 0) is 68.0 Å². The summed E-state index contributed by atoms with van der Waals surface area (Å²) < 4.78 is 56.8. The van der Waals surface area contributed by atoms with Crippen molar-refractivity contribution in [2.45, 2.75) is 97.3 Å². The molecular weight excluding hydrogens is 904 g/mol. The fraction of sp³-hybridized carbons (Fsp3) is 0.521. The monoisotopic (exact) mass is 963 g/mol. The molecule has 6 bridgehead atoms. The summed E-state index contributed by atoms with van der Waals surface area (Å²) in [7, 11) is 3.05. The summed E-state index contributed by atoms with van der Waals surface area (Å²) in [5.74, 6) is -2.31. The maximum Gasteiger partial charge on any atom is 0.406 e. The van der Waals surface area contributed by atoms with Crippen molar-refractivity contribution in [1.82, 2.24) is 45.0 Å². The van der Waals surface area contributed by atoms with Gasteiger partial charge in [-0.3, -0.25) is 29.2 Å². The molecule has 4 aromatic rings. The molecule has 68 heavy (non-hydrogen) atoms. The maximum atomic E-state index is 14.6. The highest BCUT2D eigenvalue weighted by molar-refractivity contribution is 7.10. The lowest BCUT2D eigenvalue weighted by Crippen LogP contribution is -2.63. The number of esters is 1. The lowest BCUT2D eigenvalue weighted by atomic mass is 9.84. The van der Waals surface area contributed by atoms with Gasteiger partial charge in [-0.1, -0.05) is 40.3 Å². The Morgan fingerprint density at radius 3 is 2.50 bits per heavy atom. The second-order valence-corrected chi connectivity index (χ2v) is 19.8. The fourth-order valence-corrected chi connectivity index (χ4v) is 10.2. The SMILES string of the molecule is C=CC(=O)N1CCN(C(=O)N(C)[C@H](C(=O)N[C@H]2Cc3nc(cs3)-c3ccc4c(c3)c(c(-c3cccnc3[C@H](C)OC)n4CC(F)(F)F)CC(C)(C)COC(=O)[C@@H]3CCCN(N3)C2=O)C(C)C)CC1. The number of halogens is 3. The van der Waals surface area contributed by atoms with E-state index in [9.17, 15) is 37.1 Å². The van der Waals surface area contributed by atoms with Crippen molar-refractivity contribution in [2.24, 2.45) is 11.3 Å². The number of carbonyl (C=O) groups is 5. The van der Waals surface area contributed by atoms with E-state index in [1.165, 1.54) is 46.0 Å². The summed E-state index contributed by atoms with van der Waals surface area (Å²) in [5.41, 5.74) is 5.56. The van der Waals surface area contributed by atoms with Gasteiger partial charge in [0.2, 0.25) is 11.8 Å². The van der Waals surface area contributed by atoms with Crippen molar-refractivity contribution in [2.75, 3.05) is 53.5 Å². The predicted molar refractivity (Wildman–Crippen MR) is 250 cm³/mol. The van der Waals surface area contributed by atoms with E-state index < -0.39 is 66.2 Å². The van der Waals surface area contributed by atoms with Crippen molar-refractivity contribution < 1.29 is 46.6 Å². The molecule has 1 aromatic carbocycles.